The van der Waals surface area contributed by atoms with E-state index in [-0.39, 0.29) is 16.3 Å². The van der Waals surface area contributed by atoms with Gasteiger partial charge in [0.1, 0.15) is 5.15 Å². The number of pyridine rings is 1. The van der Waals surface area contributed by atoms with Crippen molar-refractivity contribution in [3.63, 3.8) is 0 Å². The lowest BCUT2D eigenvalue weighted by Gasteiger charge is -2.09. The van der Waals surface area contributed by atoms with Gasteiger partial charge < -0.3 is 5.11 Å². The zero-order chi connectivity index (χ0) is 14.9. The lowest BCUT2D eigenvalue weighted by molar-refractivity contribution is -0.137. The molecule has 0 aliphatic heterocycles. The number of carboxylic acids is 1. The van der Waals surface area contributed by atoms with Gasteiger partial charge >= 0.3 is 12.1 Å². The third kappa shape index (κ3) is 2.91. The molecule has 2 aromatic rings. The van der Waals surface area contributed by atoms with E-state index in [1.807, 2.05) is 0 Å². The summed E-state index contributed by atoms with van der Waals surface area (Å²) < 4.78 is 37.4. The predicted octanol–water partition coefficient (Wildman–Crippen LogP) is 4.12. The molecule has 0 unspecified atom stereocenters. The van der Waals surface area contributed by atoms with Gasteiger partial charge in [-0.3, -0.25) is 0 Å². The van der Waals surface area contributed by atoms with Gasteiger partial charge in [-0.2, -0.15) is 13.2 Å². The predicted molar refractivity (Wildman–Crippen MR) is 66.6 cm³/mol. The van der Waals surface area contributed by atoms with E-state index in [0.717, 1.165) is 18.2 Å². The van der Waals surface area contributed by atoms with E-state index in [2.05, 4.69) is 4.98 Å². The average Bonchev–Trinajstić information content (AvgIpc) is 2.37. The number of aromatic nitrogens is 1. The molecule has 1 aromatic carbocycles. The minimum absolute atomic E-state index is 0.00179. The molecule has 0 amide bonds. The second-order valence-electron chi connectivity index (χ2n) is 3.93. The summed E-state index contributed by atoms with van der Waals surface area (Å²) in [7, 11) is 0. The molecule has 0 atom stereocenters. The molecule has 2 rings (SSSR count). The van der Waals surface area contributed by atoms with Crippen LogP contribution < -0.4 is 0 Å². The number of carbonyl (C=O) groups is 1. The fraction of sp³-hybridized carbons (Fsp3) is 0.0769. The van der Waals surface area contributed by atoms with Gasteiger partial charge in [0, 0.05) is 11.8 Å². The van der Waals surface area contributed by atoms with E-state index in [0.29, 0.717) is 5.56 Å². The van der Waals surface area contributed by atoms with Crippen molar-refractivity contribution in [1.82, 2.24) is 4.98 Å². The first-order valence-electron chi connectivity index (χ1n) is 5.35. The SMILES string of the molecule is O=C(O)c1cc(Cl)ncc1-c1ccc(C(F)(F)F)cc1. The molecular formula is C13H7ClF3NO2. The van der Waals surface area contributed by atoms with E-state index in [1.54, 1.807) is 0 Å². The number of carboxylic acid groups (broad SMARTS) is 1. The van der Waals surface area contributed by atoms with Crippen LogP contribution in [0.5, 0.6) is 0 Å². The monoisotopic (exact) mass is 301 g/mol. The highest BCUT2D eigenvalue weighted by molar-refractivity contribution is 6.29. The Morgan fingerprint density at radius 3 is 2.30 bits per heavy atom. The first-order chi connectivity index (χ1) is 9.29. The van der Waals surface area contributed by atoms with Crippen molar-refractivity contribution >= 4 is 17.6 Å². The van der Waals surface area contributed by atoms with Gasteiger partial charge in [0.05, 0.1) is 11.1 Å². The Bertz CT molecular complexity index is 654. The van der Waals surface area contributed by atoms with Gasteiger partial charge in [0.2, 0.25) is 0 Å². The molecule has 7 heteroatoms. The third-order valence-electron chi connectivity index (χ3n) is 2.62. The van der Waals surface area contributed by atoms with Crippen molar-refractivity contribution < 1.29 is 23.1 Å². The summed E-state index contributed by atoms with van der Waals surface area (Å²) in [5.41, 5.74) is -0.403. The zero-order valence-electron chi connectivity index (χ0n) is 9.78. The van der Waals surface area contributed by atoms with Crippen LogP contribution in [0.2, 0.25) is 5.15 Å². The first kappa shape index (κ1) is 14.3. The van der Waals surface area contributed by atoms with Crippen LogP contribution in [-0.4, -0.2) is 16.1 Å². The van der Waals surface area contributed by atoms with E-state index in [4.69, 9.17) is 16.7 Å². The van der Waals surface area contributed by atoms with Crippen molar-refractivity contribution in [2.24, 2.45) is 0 Å². The van der Waals surface area contributed by atoms with Crippen LogP contribution in [0.15, 0.2) is 36.5 Å². The fourth-order valence-electron chi connectivity index (χ4n) is 1.68. The van der Waals surface area contributed by atoms with E-state index >= 15 is 0 Å². The van der Waals surface area contributed by atoms with Gasteiger partial charge in [0.15, 0.2) is 0 Å². The standard InChI is InChI=1S/C13H7ClF3NO2/c14-11-5-9(12(19)20)10(6-18-11)7-1-3-8(4-2-7)13(15,16)17/h1-6H,(H,19,20). The van der Waals surface area contributed by atoms with Crippen LogP contribution in [0.3, 0.4) is 0 Å². The van der Waals surface area contributed by atoms with Crippen molar-refractivity contribution in [1.29, 1.82) is 0 Å². The van der Waals surface area contributed by atoms with E-state index in [9.17, 15) is 18.0 Å². The summed E-state index contributed by atoms with van der Waals surface area (Å²) >= 11 is 5.61. The Morgan fingerprint density at radius 1 is 1.20 bits per heavy atom. The molecule has 0 saturated carbocycles. The Hall–Kier alpha value is -2.08. The molecule has 3 nitrogen and oxygen atoms in total. The van der Waals surface area contributed by atoms with Crippen LogP contribution in [-0.2, 0) is 6.18 Å². The number of rotatable bonds is 2. The Kier molecular flexibility index (Phi) is 3.67. The summed E-state index contributed by atoms with van der Waals surface area (Å²) in [6.07, 6.45) is -3.22. The Morgan fingerprint density at radius 2 is 1.80 bits per heavy atom. The number of hydrogen-bond acceptors (Lipinski definition) is 2. The quantitative estimate of drug-likeness (QED) is 0.849. The average molecular weight is 302 g/mol. The van der Waals surface area contributed by atoms with Gasteiger partial charge in [-0.1, -0.05) is 23.7 Å². The summed E-state index contributed by atoms with van der Waals surface area (Å²) in [5.74, 6) is -1.23. The highest BCUT2D eigenvalue weighted by Crippen LogP contribution is 2.32. The number of aromatic carboxylic acids is 1. The minimum atomic E-state index is -4.44. The highest BCUT2D eigenvalue weighted by atomic mass is 35.5. The van der Waals surface area contributed by atoms with Gasteiger partial charge in [-0.25, -0.2) is 9.78 Å². The molecule has 0 aliphatic carbocycles. The number of benzene rings is 1. The minimum Gasteiger partial charge on any atom is -0.478 e. The van der Waals surface area contributed by atoms with E-state index in [1.165, 1.54) is 18.3 Å². The van der Waals surface area contributed by atoms with Crippen molar-refractivity contribution in [2.75, 3.05) is 0 Å². The van der Waals surface area contributed by atoms with Crippen molar-refractivity contribution in [2.45, 2.75) is 6.18 Å². The van der Waals surface area contributed by atoms with Crippen molar-refractivity contribution in [3.05, 3.63) is 52.8 Å². The second kappa shape index (κ2) is 5.13. The Labute approximate surface area is 116 Å². The number of halogens is 4. The first-order valence-corrected chi connectivity index (χ1v) is 5.73. The summed E-state index contributed by atoms with van der Waals surface area (Å²) in [6, 6.07) is 5.31. The van der Waals surface area contributed by atoms with E-state index < -0.39 is 17.7 Å². The van der Waals surface area contributed by atoms with Gasteiger partial charge in [-0.05, 0) is 23.8 Å². The number of nitrogens with zero attached hydrogens (tertiary/aromatic N) is 1. The Balaban J connectivity index is 2.50. The molecule has 20 heavy (non-hydrogen) atoms. The molecular weight excluding hydrogens is 295 g/mol. The lowest BCUT2D eigenvalue weighted by Crippen LogP contribution is -2.05. The molecule has 0 aliphatic rings. The second-order valence-corrected chi connectivity index (χ2v) is 4.32. The topological polar surface area (TPSA) is 50.2 Å². The zero-order valence-corrected chi connectivity index (χ0v) is 10.5. The maximum Gasteiger partial charge on any atom is 0.416 e. The molecule has 0 spiro atoms. The molecule has 0 radical (unpaired) electrons. The normalized spacial score (nSPS) is 11.4. The van der Waals surface area contributed by atoms with Crippen LogP contribution in [0.1, 0.15) is 15.9 Å². The summed E-state index contributed by atoms with van der Waals surface area (Å²) in [5, 5.41) is 9.07. The van der Waals surface area contributed by atoms with Crippen LogP contribution in [0.25, 0.3) is 11.1 Å². The van der Waals surface area contributed by atoms with Crippen LogP contribution in [0, 0.1) is 0 Å². The molecule has 0 fully saturated rings. The molecule has 0 bridgehead atoms. The van der Waals surface area contributed by atoms with Crippen molar-refractivity contribution in [3.8, 4) is 11.1 Å². The maximum atomic E-state index is 12.5. The lowest BCUT2D eigenvalue weighted by atomic mass is 10.0. The highest BCUT2D eigenvalue weighted by Gasteiger charge is 2.30. The maximum absolute atomic E-state index is 12.5. The summed E-state index contributed by atoms with van der Waals surface area (Å²) in [6.45, 7) is 0. The third-order valence-corrected chi connectivity index (χ3v) is 2.83. The molecule has 1 heterocycles. The van der Waals surface area contributed by atoms with Crippen LogP contribution >= 0.6 is 11.6 Å². The fourth-order valence-corrected chi connectivity index (χ4v) is 1.83. The number of hydrogen-bond donors (Lipinski definition) is 1. The summed E-state index contributed by atoms with van der Waals surface area (Å²) in [4.78, 5) is 14.9. The molecule has 1 N–H and O–H groups in total. The molecule has 0 saturated heterocycles. The van der Waals surface area contributed by atoms with Gasteiger partial charge in [-0.15, -0.1) is 0 Å². The number of alkyl halides is 3. The molecule has 104 valence electrons. The molecule has 1 aromatic heterocycles. The largest absolute Gasteiger partial charge is 0.478 e. The van der Waals surface area contributed by atoms with Gasteiger partial charge in [0.25, 0.3) is 0 Å². The smallest absolute Gasteiger partial charge is 0.416 e. The van der Waals surface area contributed by atoms with Crippen LogP contribution in [0.4, 0.5) is 13.2 Å².